The van der Waals surface area contributed by atoms with Gasteiger partial charge in [-0.05, 0) is 27.2 Å². The van der Waals surface area contributed by atoms with Crippen LogP contribution in [0.4, 0.5) is 0 Å². The lowest BCUT2D eigenvalue weighted by Gasteiger charge is -2.24. The van der Waals surface area contributed by atoms with Crippen LogP contribution in [-0.4, -0.2) is 46.9 Å². The molecule has 0 bridgehead atoms. The molecule has 0 saturated carbocycles. The fourth-order valence-corrected chi connectivity index (χ4v) is 2.18. The monoisotopic (exact) mass is 284 g/mol. The quantitative estimate of drug-likeness (QED) is 0.757. The van der Waals surface area contributed by atoms with Crippen LogP contribution in [-0.2, 0) is 14.4 Å². The first-order valence-corrected chi connectivity index (χ1v) is 7.02. The number of rotatable bonds is 6. The SMILES string of the molecule is CCC(C)(CNC(=O)C1CC(=O)N(C(C)C)C1)C(=O)O. The Labute approximate surface area is 119 Å². The minimum Gasteiger partial charge on any atom is -0.481 e. The summed E-state index contributed by atoms with van der Waals surface area (Å²) in [5.41, 5.74) is -0.962. The van der Waals surface area contributed by atoms with Gasteiger partial charge in [-0.3, -0.25) is 14.4 Å². The number of nitrogens with zero attached hydrogens (tertiary/aromatic N) is 1. The molecule has 2 amide bonds. The smallest absolute Gasteiger partial charge is 0.311 e. The number of carbonyl (C=O) groups excluding carboxylic acids is 2. The van der Waals surface area contributed by atoms with E-state index in [1.807, 2.05) is 13.8 Å². The highest BCUT2D eigenvalue weighted by Gasteiger charge is 2.37. The molecule has 0 aromatic heterocycles. The van der Waals surface area contributed by atoms with Crippen molar-refractivity contribution in [3.63, 3.8) is 0 Å². The van der Waals surface area contributed by atoms with Crippen molar-refractivity contribution in [2.24, 2.45) is 11.3 Å². The Morgan fingerprint density at radius 1 is 1.50 bits per heavy atom. The van der Waals surface area contributed by atoms with E-state index < -0.39 is 11.4 Å². The third-order valence-corrected chi connectivity index (χ3v) is 4.10. The van der Waals surface area contributed by atoms with Crippen molar-refractivity contribution >= 4 is 17.8 Å². The minimum absolute atomic E-state index is 0.0170. The van der Waals surface area contributed by atoms with E-state index >= 15 is 0 Å². The van der Waals surface area contributed by atoms with Crippen LogP contribution in [0.1, 0.15) is 40.5 Å². The molecule has 1 aliphatic heterocycles. The van der Waals surface area contributed by atoms with E-state index in [9.17, 15) is 14.4 Å². The van der Waals surface area contributed by atoms with E-state index in [2.05, 4.69) is 5.32 Å². The van der Waals surface area contributed by atoms with Gasteiger partial charge in [-0.2, -0.15) is 0 Å². The van der Waals surface area contributed by atoms with Crippen molar-refractivity contribution in [3.8, 4) is 0 Å². The molecule has 0 spiro atoms. The number of hydrogen-bond acceptors (Lipinski definition) is 3. The van der Waals surface area contributed by atoms with Crippen LogP contribution in [0.5, 0.6) is 0 Å². The molecule has 1 rings (SSSR count). The molecule has 6 nitrogen and oxygen atoms in total. The lowest BCUT2D eigenvalue weighted by atomic mass is 9.87. The molecule has 2 atom stereocenters. The van der Waals surface area contributed by atoms with E-state index in [0.29, 0.717) is 13.0 Å². The second-order valence-electron chi connectivity index (χ2n) is 5.98. The number of carboxylic acid groups (broad SMARTS) is 1. The Kier molecular flexibility index (Phi) is 5.14. The van der Waals surface area contributed by atoms with Crippen LogP contribution < -0.4 is 5.32 Å². The lowest BCUT2D eigenvalue weighted by molar-refractivity contribution is -0.148. The average molecular weight is 284 g/mol. The highest BCUT2D eigenvalue weighted by Crippen LogP contribution is 2.22. The molecule has 0 aromatic carbocycles. The van der Waals surface area contributed by atoms with Crippen molar-refractivity contribution in [2.75, 3.05) is 13.1 Å². The third kappa shape index (κ3) is 3.49. The van der Waals surface area contributed by atoms with Crippen molar-refractivity contribution in [3.05, 3.63) is 0 Å². The second-order valence-corrected chi connectivity index (χ2v) is 5.98. The van der Waals surface area contributed by atoms with Gasteiger partial charge in [0.1, 0.15) is 0 Å². The van der Waals surface area contributed by atoms with Gasteiger partial charge in [-0.1, -0.05) is 6.92 Å². The number of likely N-dealkylation sites (tertiary alicyclic amines) is 1. The van der Waals surface area contributed by atoms with E-state index in [-0.39, 0.29) is 36.7 Å². The minimum atomic E-state index is -0.962. The molecule has 1 saturated heterocycles. The zero-order valence-electron chi connectivity index (χ0n) is 12.6. The fourth-order valence-electron chi connectivity index (χ4n) is 2.18. The highest BCUT2D eigenvalue weighted by molar-refractivity contribution is 5.89. The van der Waals surface area contributed by atoms with Crippen LogP contribution in [0.15, 0.2) is 0 Å². The molecule has 6 heteroatoms. The second kappa shape index (κ2) is 6.24. The molecular weight excluding hydrogens is 260 g/mol. The molecule has 0 radical (unpaired) electrons. The summed E-state index contributed by atoms with van der Waals surface area (Å²) in [6.07, 6.45) is 0.643. The summed E-state index contributed by atoms with van der Waals surface area (Å²) >= 11 is 0. The van der Waals surface area contributed by atoms with Gasteiger partial charge in [0.05, 0.1) is 11.3 Å². The molecule has 2 N–H and O–H groups in total. The van der Waals surface area contributed by atoms with Gasteiger partial charge in [0.15, 0.2) is 0 Å². The molecule has 114 valence electrons. The predicted octanol–water partition coefficient (Wildman–Crippen LogP) is 0.860. The summed E-state index contributed by atoms with van der Waals surface area (Å²) in [4.78, 5) is 36.7. The molecule has 0 aliphatic carbocycles. The van der Waals surface area contributed by atoms with Crippen LogP contribution >= 0.6 is 0 Å². The first-order chi connectivity index (χ1) is 9.21. The summed E-state index contributed by atoms with van der Waals surface area (Å²) in [5, 5.41) is 11.8. The van der Waals surface area contributed by atoms with Crippen molar-refractivity contribution in [1.29, 1.82) is 0 Å². The van der Waals surface area contributed by atoms with Gasteiger partial charge >= 0.3 is 5.97 Å². The average Bonchev–Trinajstić information content (AvgIpc) is 2.77. The normalized spacial score (nSPS) is 21.9. The molecule has 0 aromatic rings. The van der Waals surface area contributed by atoms with Crippen molar-refractivity contribution < 1.29 is 19.5 Å². The maximum atomic E-state index is 12.1. The highest BCUT2D eigenvalue weighted by atomic mass is 16.4. The molecule has 1 heterocycles. The molecular formula is C14H24N2O4. The zero-order chi connectivity index (χ0) is 15.5. The summed E-state index contributed by atoms with van der Waals surface area (Å²) < 4.78 is 0. The van der Waals surface area contributed by atoms with Crippen LogP contribution in [0.3, 0.4) is 0 Å². The molecule has 2 unspecified atom stereocenters. The lowest BCUT2D eigenvalue weighted by Crippen LogP contribution is -2.43. The van der Waals surface area contributed by atoms with Gasteiger partial charge in [0, 0.05) is 25.6 Å². The first-order valence-electron chi connectivity index (χ1n) is 7.02. The Hall–Kier alpha value is -1.59. The van der Waals surface area contributed by atoms with Crippen molar-refractivity contribution in [2.45, 2.75) is 46.6 Å². The summed E-state index contributed by atoms with van der Waals surface area (Å²) in [5.74, 6) is -1.55. The standard InChI is InChI=1S/C14H24N2O4/c1-5-14(4,13(19)20)8-15-12(18)10-6-11(17)16(7-10)9(2)3/h9-10H,5-8H2,1-4H3,(H,15,18)(H,19,20). The van der Waals surface area contributed by atoms with Gasteiger partial charge in [0.2, 0.25) is 11.8 Å². The third-order valence-electron chi connectivity index (χ3n) is 4.10. The molecule has 1 fully saturated rings. The molecule has 1 aliphatic rings. The van der Waals surface area contributed by atoms with E-state index in [1.54, 1.807) is 18.7 Å². The fraction of sp³-hybridized carbons (Fsp3) is 0.786. The number of carboxylic acids is 1. The first kappa shape index (κ1) is 16.5. The van der Waals surface area contributed by atoms with Crippen LogP contribution in [0.25, 0.3) is 0 Å². The maximum absolute atomic E-state index is 12.1. The Morgan fingerprint density at radius 3 is 2.50 bits per heavy atom. The topological polar surface area (TPSA) is 86.7 Å². The number of carbonyl (C=O) groups is 3. The van der Waals surface area contributed by atoms with E-state index in [0.717, 1.165) is 0 Å². The number of amides is 2. The van der Waals surface area contributed by atoms with Crippen molar-refractivity contribution in [1.82, 2.24) is 10.2 Å². The van der Waals surface area contributed by atoms with E-state index in [1.165, 1.54) is 0 Å². The Morgan fingerprint density at radius 2 is 2.10 bits per heavy atom. The number of aliphatic carboxylic acids is 1. The van der Waals surface area contributed by atoms with Crippen LogP contribution in [0, 0.1) is 11.3 Å². The van der Waals surface area contributed by atoms with Crippen LogP contribution in [0.2, 0.25) is 0 Å². The summed E-state index contributed by atoms with van der Waals surface area (Å²) in [6.45, 7) is 7.71. The largest absolute Gasteiger partial charge is 0.481 e. The van der Waals surface area contributed by atoms with Gasteiger partial charge in [-0.25, -0.2) is 0 Å². The number of hydrogen-bond donors (Lipinski definition) is 2. The molecule has 20 heavy (non-hydrogen) atoms. The maximum Gasteiger partial charge on any atom is 0.311 e. The summed E-state index contributed by atoms with van der Waals surface area (Å²) in [7, 11) is 0. The van der Waals surface area contributed by atoms with Gasteiger partial charge < -0.3 is 15.3 Å². The van der Waals surface area contributed by atoms with E-state index in [4.69, 9.17) is 5.11 Å². The Bertz CT molecular complexity index is 408. The predicted molar refractivity (Wildman–Crippen MR) is 74.0 cm³/mol. The Balaban J connectivity index is 2.57. The van der Waals surface area contributed by atoms with Gasteiger partial charge in [-0.15, -0.1) is 0 Å². The van der Waals surface area contributed by atoms with Gasteiger partial charge in [0.25, 0.3) is 0 Å². The zero-order valence-corrected chi connectivity index (χ0v) is 12.6. The number of nitrogens with one attached hydrogen (secondary N) is 1. The summed E-state index contributed by atoms with van der Waals surface area (Å²) in [6, 6.07) is 0.0835.